The van der Waals surface area contributed by atoms with Crippen LogP contribution in [-0.4, -0.2) is 21.7 Å². The second kappa shape index (κ2) is 7.49. The van der Waals surface area contributed by atoms with Crippen LogP contribution in [0.5, 0.6) is 0 Å². The van der Waals surface area contributed by atoms with Crippen molar-refractivity contribution in [3.63, 3.8) is 0 Å². The molecule has 0 radical (unpaired) electrons. The standard InChI is InChI=1S/C23H31N3O/c1-15-13-16(2)26(25-15)17(3)14-21(27)24-23-20-12-8-7-11-19(20)22(23)18-9-5-4-6-10-18/h4-6,9-10,13,17,19-20,22-23H,7-8,11-12,14H2,1-3H3,(H,24,27)/t17-,19-,20+,22+,23+/m1/s1. The van der Waals surface area contributed by atoms with Crippen LogP contribution in [0, 0.1) is 25.7 Å². The first kappa shape index (κ1) is 18.3. The number of aryl methyl sites for hydroxylation is 2. The molecule has 1 amide bonds. The first-order chi connectivity index (χ1) is 13.0. The van der Waals surface area contributed by atoms with E-state index in [1.807, 2.05) is 11.6 Å². The van der Waals surface area contributed by atoms with Crippen LogP contribution in [0.15, 0.2) is 36.4 Å². The average molecular weight is 366 g/mol. The average Bonchev–Trinajstić information content (AvgIpc) is 2.99. The van der Waals surface area contributed by atoms with Gasteiger partial charge in [0.1, 0.15) is 0 Å². The molecule has 0 spiro atoms. The molecule has 2 aliphatic rings. The third-order valence-corrected chi connectivity index (χ3v) is 6.64. The van der Waals surface area contributed by atoms with Crippen LogP contribution >= 0.6 is 0 Å². The Labute approximate surface area is 162 Å². The SMILES string of the molecule is Cc1cc(C)n([C@H](C)CC(=O)N[C@H]2[C@H]3CCCC[C@H]3[C@@H]2c2ccccc2)n1. The van der Waals surface area contributed by atoms with Crippen molar-refractivity contribution in [2.75, 3.05) is 0 Å². The van der Waals surface area contributed by atoms with Gasteiger partial charge in [-0.2, -0.15) is 5.10 Å². The summed E-state index contributed by atoms with van der Waals surface area (Å²) >= 11 is 0. The molecule has 4 nitrogen and oxygen atoms in total. The summed E-state index contributed by atoms with van der Waals surface area (Å²) in [5.74, 6) is 2.02. The molecule has 2 fully saturated rings. The lowest BCUT2D eigenvalue weighted by molar-refractivity contribution is -0.125. The Morgan fingerprint density at radius 2 is 1.89 bits per heavy atom. The molecule has 144 valence electrons. The molecular weight excluding hydrogens is 334 g/mol. The summed E-state index contributed by atoms with van der Waals surface area (Å²) in [5, 5.41) is 7.95. The van der Waals surface area contributed by atoms with Gasteiger partial charge in [0, 0.05) is 24.1 Å². The number of hydrogen-bond donors (Lipinski definition) is 1. The predicted octanol–water partition coefficient (Wildman–Crippen LogP) is 4.54. The fourth-order valence-corrected chi connectivity index (χ4v) is 5.49. The molecule has 0 bridgehead atoms. The fourth-order valence-electron chi connectivity index (χ4n) is 5.49. The third kappa shape index (κ3) is 3.54. The lowest BCUT2D eigenvalue weighted by Crippen LogP contribution is -2.59. The molecule has 0 aliphatic heterocycles. The number of amides is 1. The number of carbonyl (C=O) groups excluding carboxylic acids is 1. The molecule has 0 unspecified atom stereocenters. The Bertz CT molecular complexity index is 797. The highest BCUT2D eigenvalue weighted by molar-refractivity contribution is 5.77. The van der Waals surface area contributed by atoms with Crippen molar-refractivity contribution in [1.29, 1.82) is 0 Å². The van der Waals surface area contributed by atoms with Crippen molar-refractivity contribution >= 4 is 5.91 Å². The van der Waals surface area contributed by atoms with E-state index in [1.54, 1.807) is 0 Å². The molecule has 2 saturated carbocycles. The van der Waals surface area contributed by atoms with E-state index in [4.69, 9.17) is 0 Å². The Balaban J connectivity index is 1.45. The van der Waals surface area contributed by atoms with Crippen molar-refractivity contribution in [3.8, 4) is 0 Å². The minimum atomic E-state index is 0.0797. The van der Waals surface area contributed by atoms with E-state index in [0.717, 1.165) is 17.3 Å². The summed E-state index contributed by atoms with van der Waals surface area (Å²) in [7, 11) is 0. The molecule has 2 aromatic rings. The van der Waals surface area contributed by atoms with Gasteiger partial charge in [0.25, 0.3) is 0 Å². The summed E-state index contributed by atoms with van der Waals surface area (Å²) in [6.45, 7) is 6.13. The largest absolute Gasteiger partial charge is 0.352 e. The molecule has 4 heteroatoms. The number of aromatic nitrogens is 2. The quantitative estimate of drug-likeness (QED) is 0.845. The van der Waals surface area contributed by atoms with Crippen molar-refractivity contribution in [2.24, 2.45) is 11.8 Å². The van der Waals surface area contributed by atoms with Crippen LogP contribution in [0.3, 0.4) is 0 Å². The Kier molecular flexibility index (Phi) is 5.07. The van der Waals surface area contributed by atoms with Gasteiger partial charge < -0.3 is 5.32 Å². The Morgan fingerprint density at radius 3 is 2.56 bits per heavy atom. The van der Waals surface area contributed by atoms with Gasteiger partial charge >= 0.3 is 0 Å². The lowest BCUT2D eigenvalue weighted by atomic mass is 9.53. The van der Waals surface area contributed by atoms with Crippen LogP contribution < -0.4 is 5.32 Å². The van der Waals surface area contributed by atoms with Crippen LogP contribution in [-0.2, 0) is 4.79 Å². The van der Waals surface area contributed by atoms with Crippen molar-refractivity contribution in [2.45, 2.75) is 70.9 Å². The first-order valence-corrected chi connectivity index (χ1v) is 10.4. The van der Waals surface area contributed by atoms with E-state index in [1.165, 1.54) is 31.2 Å². The van der Waals surface area contributed by atoms with E-state index in [2.05, 4.69) is 60.7 Å². The summed E-state index contributed by atoms with van der Waals surface area (Å²) < 4.78 is 1.98. The number of benzene rings is 1. The van der Waals surface area contributed by atoms with Crippen molar-refractivity contribution < 1.29 is 4.79 Å². The Hall–Kier alpha value is -2.10. The van der Waals surface area contributed by atoms with Gasteiger partial charge in [0.15, 0.2) is 0 Å². The molecular formula is C23H31N3O. The van der Waals surface area contributed by atoms with Crippen molar-refractivity contribution in [1.82, 2.24) is 15.1 Å². The van der Waals surface area contributed by atoms with Crippen LogP contribution in [0.1, 0.15) is 67.9 Å². The van der Waals surface area contributed by atoms with E-state index < -0.39 is 0 Å². The zero-order chi connectivity index (χ0) is 19.0. The number of rotatable bonds is 5. The Morgan fingerprint density at radius 1 is 1.19 bits per heavy atom. The number of nitrogens with one attached hydrogen (secondary N) is 1. The molecule has 1 aromatic carbocycles. The van der Waals surface area contributed by atoms with E-state index in [0.29, 0.717) is 18.3 Å². The second-order valence-corrected chi connectivity index (χ2v) is 8.57. The molecule has 0 saturated heterocycles. The highest BCUT2D eigenvalue weighted by Crippen LogP contribution is 2.54. The maximum atomic E-state index is 12.8. The minimum absolute atomic E-state index is 0.0797. The third-order valence-electron chi connectivity index (χ3n) is 6.64. The summed E-state index contributed by atoms with van der Waals surface area (Å²) in [6.07, 6.45) is 5.68. The van der Waals surface area contributed by atoms with E-state index >= 15 is 0 Å². The summed E-state index contributed by atoms with van der Waals surface area (Å²) in [5.41, 5.74) is 3.51. The van der Waals surface area contributed by atoms with Gasteiger partial charge in [-0.05, 0) is 57.1 Å². The molecule has 1 heterocycles. The summed E-state index contributed by atoms with van der Waals surface area (Å²) in [4.78, 5) is 12.8. The molecule has 4 rings (SSSR count). The topological polar surface area (TPSA) is 46.9 Å². The maximum absolute atomic E-state index is 12.8. The smallest absolute Gasteiger partial charge is 0.222 e. The summed E-state index contributed by atoms with van der Waals surface area (Å²) in [6, 6.07) is 13.2. The van der Waals surface area contributed by atoms with Crippen molar-refractivity contribution in [3.05, 3.63) is 53.3 Å². The highest BCUT2D eigenvalue weighted by Gasteiger charge is 2.51. The van der Waals surface area contributed by atoms with Gasteiger partial charge in [-0.1, -0.05) is 43.2 Å². The molecule has 1 N–H and O–H groups in total. The zero-order valence-corrected chi connectivity index (χ0v) is 16.7. The van der Waals surface area contributed by atoms with Gasteiger partial charge in [-0.25, -0.2) is 0 Å². The van der Waals surface area contributed by atoms with Crippen LogP contribution in [0.25, 0.3) is 0 Å². The number of hydrogen-bond acceptors (Lipinski definition) is 2. The highest BCUT2D eigenvalue weighted by atomic mass is 16.1. The number of carbonyl (C=O) groups is 1. The number of fused-ring (bicyclic) bond motifs is 1. The van der Waals surface area contributed by atoms with Gasteiger partial charge in [0.05, 0.1) is 11.7 Å². The van der Waals surface area contributed by atoms with Crippen LogP contribution in [0.2, 0.25) is 0 Å². The van der Waals surface area contributed by atoms with Gasteiger partial charge in [0.2, 0.25) is 5.91 Å². The van der Waals surface area contributed by atoms with Gasteiger partial charge in [-0.15, -0.1) is 0 Å². The predicted molar refractivity (Wildman–Crippen MR) is 108 cm³/mol. The fraction of sp³-hybridized carbons (Fsp3) is 0.565. The number of nitrogens with zero attached hydrogens (tertiary/aromatic N) is 2. The lowest BCUT2D eigenvalue weighted by Gasteiger charge is -2.55. The molecule has 1 aromatic heterocycles. The zero-order valence-electron chi connectivity index (χ0n) is 16.7. The molecule has 2 aliphatic carbocycles. The maximum Gasteiger partial charge on any atom is 0.222 e. The molecule has 5 atom stereocenters. The first-order valence-electron chi connectivity index (χ1n) is 10.4. The van der Waals surface area contributed by atoms with E-state index in [9.17, 15) is 4.79 Å². The van der Waals surface area contributed by atoms with Gasteiger partial charge in [-0.3, -0.25) is 9.48 Å². The minimum Gasteiger partial charge on any atom is -0.352 e. The normalized spacial score (nSPS) is 28.1. The molecule has 27 heavy (non-hydrogen) atoms. The monoisotopic (exact) mass is 365 g/mol. The second-order valence-electron chi connectivity index (χ2n) is 8.57. The van der Waals surface area contributed by atoms with E-state index in [-0.39, 0.29) is 18.0 Å². The van der Waals surface area contributed by atoms with Crippen LogP contribution in [0.4, 0.5) is 0 Å².